The smallest absolute Gasteiger partial charge is 0.305 e. The molecular formula is C16H20FNO3. The van der Waals surface area contributed by atoms with E-state index in [0.717, 1.165) is 30.4 Å². The number of halogens is 1. The molecule has 0 unspecified atom stereocenters. The minimum Gasteiger partial charge on any atom is -0.469 e. The van der Waals surface area contributed by atoms with E-state index in [1.807, 2.05) is 0 Å². The van der Waals surface area contributed by atoms with Gasteiger partial charge < -0.3 is 10.1 Å². The predicted octanol–water partition coefficient (Wildman–Crippen LogP) is 2.66. The minimum absolute atomic E-state index is 0.0556. The molecule has 0 aliphatic heterocycles. The number of carbonyl (C=O) groups is 2. The molecule has 21 heavy (non-hydrogen) atoms. The molecule has 4 nitrogen and oxygen atoms in total. The summed E-state index contributed by atoms with van der Waals surface area (Å²) in [6, 6.07) is 4.68. The van der Waals surface area contributed by atoms with Crippen LogP contribution in [0.2, 0.25) is 0 Å². The maximum Gasteiger partial charge on any atom is 0.305 e. The first-order chi connectivity index (χ1) is 10.1. The third kappa shape index (κ3) is 4.28. The summed E-state index contributed by atoms with van der Waals surface area (Å²) in [5.41, 5.74) is 1.98. The van der Waals surface area contributed by atoms with Gasteiger partial charge in [0.15, 0.2) is 0 Å². The Morgan fingerprint density at radius 2 is 2.19 bits per heavy atom. The molecule has 1 aromatic rings. The number of amides is 1. The Morgan fingerprint density at radius 3 is 2.95 bits per heavy atom. The topological polar surface area (TPSA) is 55.4 Å². The van der Waals surface area contributed by atoms with Crippen molar-refractivity contribution in [2.75, 3.05) is 7.11 Å². The molecule has 0 bridgehead atoms. The highest BCUT2D eigenvalue weighted by Crippen LogP contribution is 2.30. The standard InChI is InChI=1S/C16H20FNO3/c1-21-16(20)7-3-6-15(19)18-14-5-2-4-11-10-12(17)8-9-13(11)14/h8-10,14H,2-7H2,1H3,(H,18,19)/t14-/m1/s1. The molecule has 0 saturated carbocycles. The largest absolute Gasteiger partial charge is 0.469 e. The van der Waals surface area contributed by atoms with Gasteiger partial charge in [-0.1, -0.05) is 6.07 Å². The fourth-order valence-electron chi connectivity index (χ4n) is 2.69. The lowest BCUT2D eigenvalue weighted by molar-refractivity contribution is -0.140. The molecule has 114 valence electrons. The van der Waals surface area contributed by atoms with Crippen molar-refractivity contribution in [1.29, 1.82) is 0 Å². The molecule has 0 fully saturated rings. The number of rotatable bonds is 5. The second kappa shape index (κ2) is 7.20. The van der Waals surface area contributed by atoms with E-state index in [0.29, 0.717) is 12.8 Å². The summed E-state index contributed by atoms with van der Waals surface area (Å²) in [5.74, 6) is -0.624. The maximum atomic E-state index is 13.2. The van der Waals surface area contributed by atoms with Crippen LogP contribution in [0, 0.1) is 5.82 Å². The number of aryl methyl sites for hydroxylation is 1. The third-order valence-electron chi connectivity index (χ3n) is 3.77. The van der Waals surface area contributed by atoms with Crippen molar-refractivity contribution < 1.29 is 18.7 Å². The van der Waals surface area contributed by atoms with Crippen LogP contribution in [-0.4, -0.2) is 19.0 Å². The van der Waals surface area contributed by atoms with Crippen LogP contribution >= 0.6 is 0 Å². The van der Waals surface area contributed by atoms with E-state index in [2.05, 4.69) is 10.1 Å². The number of methoxy groups -OCH3 is 1. The highest BCUT2D eigenvalue weighted by atomic mass is 19.1. The van der Waals surface area contributed by atoms with Crippen LogP contribution in [0.3, 0.4) is 0 Å². The highest BCUT2D eigenvalue weighted by Gasteiger charge is 2.22. The summed E-state index contributed by atoms with van der Waals surface area (Å²) in [6.07, 6.45) is 3.66. The Bertz CT molecular complexity index is 530. The summed E-state index contributed by atoms with van der Waals surface area (Å²) in [4.78, 5) is 22.9. The summed E-state index contributed by atoms with van der Waals surface area (Å²) in [7, 11) is 1.33. The quantitative estimate of drug-likeness (QED) is 0.849. The molecule has 1 aliphatic rings. The lowest BCUT2D eigenvalue weighted by Gasteiger charge is -2.26. The molecule has 0 aromatic heterocycles. The lowest BCUT2D eigenvalue weighted by atomic mass is 9.87. The number of esters is 1. The normalized spacial score (nSPS) is 17.0. The summed E-state index contributed by atoms with van der Waals surface area (Å²) >= 11 is 0. The van der Waals surface area contributed by atoms with Crippen LogP contribution < -0.4 is 5.32 Å². The Morgan fingerprint density at radius 1 is 1.38 bits per heavy atom. The third-order valence-corrected chi connectivity index (χ3v) is 3.77. The van der Waals surface area contributed by atoms with Crippen molar-refractivity contribution in [3.8, 4) is 0 Å². The Hall–Kier alpha value is -1.91. The first-order valence-corrected chi connectivity index (χ1v) is 7.24. The molecule has 0 heterocycles. The Labute approximate surface area is 123 Å². The summed E-state index contributed by atoms with van der Waals surface area (Å²) < 4.78 is 17.8. The first-order valence-electron chi connectivity index (χ1n) is 7.24. The second-order valence-corrected chi connectivity index (χ2v) is 5.29. The molecule has 0 radical (unpaired) electrons. The maximum absolute atomic E-state index is 13.2. The fraction of sp³-hybridized carbons (Fsp3) is 0.500. The van der Waals surface area contributed by atoms with Crippen molar-refractivity contribution >= 4 is 11.9 Å². The van der Waals surface area contributed by atoms with E-state index >= 15 is 0 Å². The number of carbonyl (C=O) groups excluding carboxylic acids is 2. The van der Waals surface area contributed by atoms with Gasteiger partial charge in [-0.3, -0.25) is 9.59 Å². The van der Waals surface area contributed by atoms with E-state index in [4.69, 9.17) is 0 Å². The summed E-state index contributed by atoms with van der Waals surface area (Å²) in [5, 5.41) is 2.97. The van der Waals surface area contributed by atoms with Crippen molar-refractivity contribution in [3.05, 3.63) is 35.1 Å². The van der Waals surface area contributed by atoms with Gasteiger partial charge >= 0.3 is 5.97 Å². The van der Waals surface area contributed by atoms with Crippen LogP contribution in [0.5, 0.6) is 0 Å². The highest BCUT2D eigenvalue weighted by molar-refractivity contribution is 5.77. The Kier molecular flexibility index (Phi) is 5.31. The van der Waals surface area contributed by atoms with Gasteiger partial charge in [0.25, 0.3) is 0 Å². The number of fused-ring (bicyclic) bond motifs is 1. The number of hydrogen-bond donors (Lipinski definition) is 1. The lowest BCUT2D eigenvalue weighted by Crippen LogP contribution is -2.30. The monoisotopic (exact) mass is 293 g/mol. The van der Waals surface area contributed by atoms with Gasteiger partial charge in [0.05, 0.1) is 13.2 Å². The molecule has 1 atom stereocenters. The fourth-order valence-corrected chi connectivity index (χ4v) is 2.69. The molecule has 1 aliphatic carbocycles. The van der Waals surface area contributed by atoms with Crippen molar-refractivity contribution in [1.82, 2.24) is 5.32 Å². The number of nitrogens with one attached hydrogen (secondary N) is 1. The average molecular weight is 293 g/mol. The van der Waals surface area contributed by atoms with Crippen molar-refractivity contribution in [2.45, 2.75) is 44.6 Å². The number of hydrogen-bond acceptors (Lipinski definition) is 3. The Balaban J connectivity index is 1.89. The predicted molar refractivity (Wildman–Crippen MR) is 76.1 cm³/mol. The van der Waals surface area contributed by atoms with Crippen LogP contribution in [0.4, 0.5) is 4.39 Å². The van der Waals surface area contributed by atoms with E-state index in [1.54, 1.807) is 12.1 Å². The van der Waals surface area contributed by atoms with Gasteiger partial charge in [0.1, 0.15) is 5.82 Å². The van der Waals surface area contributed by atoms with Gasteiger partial charge in [-0.25, -0.2) is 4.39 Å². The van der Waals surface area contributed by atoms with E-state index < -0.39 is 0 Å². The van der Waals surface area contributed by atoms with Gasteiger partial charge in [0, 0.05) is 12.8 Å². The zero-order valence-electron chi connectivity index (χ0n) is 12.2. The van der Waals surface area contributed by atoms with Gasteiger partial charge in [-0.2, -0.15) is 0 Å². The van der Waals surface area contributed by atoms with E-state index in [9.17, 15) is 14.0 Å². The molecule has 5 heteroatoms. The molecule has 0 saturated heterocycles. The number of ether oxygens (including phenoxy) is 1. The second-order valence-electron chi connectivity index (χ2n) is 5.29. The van der Waals surface area contributed by atoms with Crippen molar-refractivity contribution in [3.63, 3.8) is 0 Å². The summed E-state index contributed by atoms with van der Waals surface area (Å²) in [6.45, 7) is 0. The van der Waals surface area contributed by atoms with Crippen LogP contribution in [0.15, 0.2) is 18.2 Å². The van der Waals surface area contributed by atoms with Crippen LogP contribution in [-0.2, 0) is 20.7 Å². The molecule has 1 amide bonds. The zero-order valence-corrected chi connectivity index (χ0v) is 12.2. The minimum atomic E-state index is -0.304. The van der Waals surface area contributed by atoms with Gasteiger partial charge in [0.2, 0.25) is 5.91 Å². The molecule has 1 N–H and O–H groups in total. The van der Waals surface area contributed by atoms with E-state index in [1.165, 1.54) is 13.2 Å². The van der Waals surface area contributed by atoms with Crippen LogP contribution in [0.1, 0.15) is 49.3 Å². The SMILES string of the molecule is COC(=O)CCCC(=O)N[C@@H]1CCCc2cc(F)ccc21. The van der Waals surface area contributed by atoms with Gasteiger partial charge in [-0.05, 0) is 48.9 Å². The molecular weight excluding hydrogens is 273 g/mol. The van der Waals surface area contributed by atoms with Crippen LogP contribution in [0.25, 0.3) is 0 Å². The molecule has 0 spiro atoms. The zero-order chi connectivity index (χ0) is 15.2. The average Bonchev–Trinajstić information content (AvgIpc) is 2.47. The molecule has 1 aromatic carbocycles. The van der Waals surface area contributed by atoms with E-state index in [-0.39, 0.29) is 30.2 Å². The first kappa shape index (κ1) is 15.5. The van der Waals surface area contributed by atoms with Crippen molar-refractivity contribution in [2.24, 2.45) is 0 Å². The molecule has 2 rings (SSSR count). The number of benzene rings is 1. The van der Waals surface area contributed by atoms with Gasteiger partial charge in [-0.15, -0.1) is 0 Å².